The Morgan fingerprint density at radius 3 is 2.46 bits per heavy atom. The van der Waals surface area contributed by atoms with Crippen molar-refractivity contribution in [3.05, 3.63) is 77.2 Å². The molecule has 194 valence electrons. The maximum Gasteiger partial charge on any atom is 0.241 e. The molecule has 4 rings (SSSR count). The van der Waals surface area contributed by atoms with E-state index in [0.717, 1.165) is 12.1 Å². The number of aromatic amines is 1. The van der Waals surface area contributed by atoms with Crippen LogP contribution in [0, 0.1) is 20.6 Å². The Kier molecular flexibility index (Phi) is 2.93. The molecule has 0 aliphatic rings. The number of rotatable bonds is 10. The van der Waals surface area contributed by atoms with Crippen molar-refractivity contribution in [1.82, 2.24) is 14.7 Å². The van der Waals surface area contributed by atoms with Gasteiger partial charge in [-0.2, -0.15) is 0 Å². The van der Waals surface area contributed by atoms with Crippen molar-refractivity contribution in [2.45, 2.75) is 30.6 Å². The summed E-state index contributed by atoms with van der Waals surface area (Å²) in [6.45, 7) is -15.2. The summed E-state index contributed by atoms with van der Waals surface area (Å²) in [4.78, 5) is 2.29. The molecule has 0 aliphatic carbocycles. The van der Waals surface area contributed by atoms with Gasteiger partial charge in [-0.1, -0.05) is 29.4 Å². The molecule has 1 heterocycles. The van der Waals surface area contributed by atoms with Crippen molar-refractivity contribution in [3.63, 3.8) is 0 Å². The van der Waals surface area contributed by atoms with Crippen molar-refractivity contribution >= 4 is 21.8 Å². The summed E-state index contributed by atoms with van der Waals surface area (Å²) in [7, 11) is -8.18. The third-order valence-electron chi connectivity index (χ3n) is 4.38. The van der Waals surface area contributed by atoms with E-state index in [9.17, 15) is 8.42 Å². The predicted octanol–water partition coefficient (Wildman–Crippen LogP) is 5.76. The van der Waals surface area contributed by atoms with E-state index in [4.69, 9.17) is 39.0 Å². The van der Waals surface area contributed by atoms with E-state index in [-0.39, 0.29) is 10.7 Å². The molecule has 0 saturated heterocycles. The Morgan fingerprint density at radius 1 is 1.05 bits per heavy atom. The maximum absolute atomic E-state index is 14.1. The zero-order valence-corrected chi connectivity index (χ0v) is 20.1. The molecule has 2 N–H and O–H groups in total. The van der Waals surface area contributed by atoms with Gasteiger partial charge >= 0.3 is 0 Å². The Labute approximate surface area is 257 Å². The van der Waals surface area contributed by atoms with Crippen molar-refractivity contribution in [1.29, 1.82) is 0 Å². The second-order valence-corrected chi connectivity index (χ2v) is 9.11. The minimum Gasteiger partial charge on any atom is -0.497 e. The Hall–Kier alpha value is -3.27. The lowest BCUT2D eigenvalue weighted by Crippen LogP contribution is -2.27. The van der Waals surface area contributed by atoms with E-state index in [0.29, 0.717) is 0 Å². The fourth-order valence-electron chi connectivity index (χ4n) is 2.83. The first-order valence-electron chi connectivity index (χ1n) is 22.2. The van der Waals surface area contributed by atoms with Crippen molar-refractivity contribution < 1.29 is 52.2 Å². The number of imidazole rings is 1. The fraction of sp³-hybridized carbons (Fsp3) is 0.250. The standard InChI is InChI=1S/C28H31N3O4S2/c1-18-16-19(2)27(20(3)17-18)37(32,33)29-14-15-36-28-30-25(21-6-10-23(34-4)11-7-21)26(31-28)22-8-12-24(35-5)13-9-22/h6-13,16-17,29H,14-15H2,1-5H3,(H,30,31)/i1T3,2T3,3T3,4T3,6T,7T,8T,10T,11T,12T,14T2,15T2,16T,17T/hT. The van der Waals surface area contributed by atoms with Crippen LogP contribution in [-0.4, -0.2) is 44.7 Å². The zero-order chi connectivity index (χ0) is 48.0. The van der Waals surface area contributed by atoms with Gasteiger partial charge in [0, 0.05) is 41.1 Å². The van der Waals surface area contributed by atoms with Crippen LogP contribution in [-0.2, 0) is 10.0 Å². The largest absolute Gasteiger partial charge is 0.497 e. The van der Waals surface area contributed by atoms with Gasteiger partial charge in [0.1, 0.15) is 11.5 Å². The molecule has 0 radical (unpaired) electrons. The van der Waals surface area contributed by atoms with E-state index in [1.165, 1.54) is 11.8 Å². The average molecular weight is 588 g/mol. The average Bonchev–Trinajstić information content (AvgIpc) is 3.37. The van der Waals surface area contributed by atoms with Gasteiger partial charge < -0.3 is 14.5 Å². The fourth-order valence-corrected chi connectivity index (χ4v) is 4.29. The molecule has 0 atom stereocenters. The Morgan fingerprint density at radius 2 is 1.78 bits per heavy atom. The van der Waals surface area contributed by atoms with Gasteiger partial charge in [-0.05, 0) is 80.1 Å². The van der Waals surface area contributed by atoms with Crippen molar-refractivity contribution in [2.75, 3.05) is 26.3 Å². The number of hydrogen-bond acceptors (Lipinski definition) is 6. The molecule has 1 aromatic heterocycles. The summed E-state index contributed by atoms with van der Waals surface area (Å²) in [6, 6.07) is -6.55. The van der Waals surface area contributed by atoms with Crippen LogP contribution in [0.1, 0.15) is 49.6 Å². The normalized spacial score (nSPS) is 23.4. The summed E-state index contributed by atoms with van der Waals surface area (Å²) in [5.41, 5.74) is -11.4. The zero-order valence-electron chi connectivity index (χ0n) is 43.5. The monoisotopic (exact) mass is 587 g/mol. The number of methoxy groups -OCH3 is 2. The smallest absolute Gasteiger partial charge is 0.241 e. The molecule has 0 spiro atoms. The van der Waals surface area contributed by atoms with Gasteiger partial charge in [0.25, 0.3) is 0 Å². The number of H-pyrrole nitrogens is 1. The summed E-state index contributed by atoms with van der Waals surface area (Å²) in [5.74, 6) is -1.20. The number of ether oxygens (including phenoxy) is 2. The number of nitrogens with one attached hydrogen (secondary N) is 2. The van der Waals surface area contributed by atoms with Crippen LogP contribution in [0.5, 0.6) is 11.5 Å². The van der Waals surface area contributed by atoms with Gasteiger partial charge in [-0.3, -0.25) is 0 Å². The minimum atomic E-state index is -6.08. The van der Waals surface area contributed by atoms with Crippen LogP contribution >= 0.6 is 11.8 Å². The number of thioether (sulfide) groups is 1. The highest BCUT2D eigenvalue weighted by atomic mass is 32.2. The van der Waals surface area contributed by atoms with E-state index in [2.05, 4.69) is 9.72 Å². The summed E-state index contributed by atoms with van der Waals surface area (Å²) in [5, 5.41) is -0.986. The number of sulfonamides is 1. The first kappa shape index (κ1) is 9.48. The molecule has 0 unspecified atom stereocenters. The molecule has 3 aromatic carbocycles. The molecule has 0 fully saturated rings. The van der Waals surface area contributed by atoms with E-state index >= 15 is 0 Å². The molecule has 4 aromatic rings. The van der Waals surface area contributed by atoms with E-state index in [1.54, 1.807) is 0 Å². The highest BCUT2D eigenvalue weighted by molar-refractivity contribution is 7.99. The lowest BCUT2D eigenvalue weighted by Gasteiger charge is -2.12. The lowest BCUT2D eigenvalue weighted by molar-refractivity contribution is 0.414. The number of benzene rings is 3. The van der Waals surface area contributed by atoms with Gasteiger partial charge in [-0.25, -0.2) is 18.1 Å². The van der Waals surface area contributed by atoms with Gasteiger partial charge in [0.05, 0.1) is 45.5 Å². The molecule has 37 heavy (non-hydrogen) atoms. The second kappa shape index (κ2) is 11.4. The summed E-state index contributed by atoms with van der Waals surface area (Å²) >= 11 is -0.403. The minimum absolute atomic E-state index is 0.135. The van der Waals surface area contributed by atoms with Crippen LogP contribution in [0.25, 0.3) is 22.5 Å². The first-order chi connectivity index (χ1) is 27.7. The molecule has 9 heteroatoms. The topological polar surface area (TPSA) is 93.3 Å². The van der Waals surface area contributed by atoms with Crippen LogP contribution in [0.4, 0.5) is 0 Å². The number of aromatic nitrogens is 2. The molecule has 0 bridgehead atoms. The second-order valence-electron chi connectivity index (χ2n) is 6.71. The molecular formula is C28H31N3O4S2. The molecule has 0 aliphatic heterocycles. The first-order valence-corrected chi connectivity index (χ1v) is 12.0. The number of nitrogens with zero attached hydrogens (tertiary/aromatic N) is 1. The third kappa shape index (κ3) is 6.18. The highest BCUT2D eigenvalue weighted by Gasteiger charge is 2.20. The van der Waals surface area contributed by atoms with E-state index < -0.39 is 165 Å². The molecule has 7 nitrogen and oxygen atoms in total. The van der Waals surface area contributed by atoms with Crippen LogP contribution in [0.2, 0.25) is 1.41 Å². The van der Waals surface area contributed by atoms with Crippen LogP contribution in [0.3, 0.4) is 0 Å². The molecular weight excluding hydrogens is 506 g/mol. The SMILES string of the molecule is [3H]c1c(OC)ccc(-c2nc(SC([3H])([3H])C([3H])([3H])NS(=O)(=O)c3c(C([3H])([3H])[3H])c([3H])c(C([3H])([3H])[3H])c([3H])c3C([3H])([3H])[3H])n([3H])c2-c2c([3H])c([3H])c(OC([3H])([3H])[3H])c([3H])c2[3H])c1[3H]. The summed E-state index contributed by atoms with van der Waals surface area (Å²) < 4.78 is 243. The quantitative estimate of drug-likeness (QED) is 0.229. The molecule has 0 amide bonds. The van der Waals surface area contributed by atoms with Crippen LogP contribution < -0.4 is 14.2 Å². The van der Waals surface area contributed by atoms with E-state index in [1.807, 2.05) is 0 Å². The Balaban J connectivity index is 2.02. The lowest BCUT2D eigenvalue weighted by atomic mass is 10.0. The van der Waals surface area contributed by atoms with Crippen LogP contribution in [0.15, 0.2) is 70.5 Å². The predicted molar refractivity (Wildman–Crippen MR) is 149 cm³/mol. The Bertz CT molecular complexity index is 2490. The van der Waals surface area contributed by atoms with Gasteiger partial charge in [-0.15, -0.1) is 0 Å². The summed E-state index contributed by atoms with van der Waals surface area (Å²) in [6.07, 6.45) is 0. The van der Waals surface area contributed by atoms with Gasteiger partial charge in [0.2, 0.25) is 10.0 Å². The van der Waals surface area contributed by atoms with Gasteiger partial charge in [0.15, 0.2) is 6.57 Å². The highest BCUT2D eigenvalue weighted by Crippen LogP contribution is 2.34. The van der Waals surface area contributed by atoms with Crippen molar-refractivity contribution in [2.24, 2.45) is 0 Å². The number of hydrogen-bond donors (Lipinski definition) is 2. The maximum atomic E-state index is 14.1. The third-order valence-corrected chi connectivity index (χ3v) is 6.26. The van der Waals surface area contributed by atoms with Crippen molar-refractivity contribution in [3.8, 4) is 34.0 Å². The molecule has 0 saturated carbocycles.